The van der Waals surface area contributed by atoms with Crippen LogP contribution in [0, 0.1) is 5.92 Å². The summed E-state index contributed by atoms with van der Waals surface area (Å²) in [6.45, 7) is 5.06. The predicted molar refractivity (Wildman–Crippen MR) is 70.8 cm³/mol. The summed E-state index contributed by atoms with van der Waals surface area (Å²) in [7, 11) is 0. The zero-order valence-electron chi connectivity index (χ0n) is 12.1. The van der Waals surface area contributed by atoms with Gasteiger partial charge in [0, 0.05) is 0 Å². The summed E-state index contributed by atoms with van der Waals surface area (Å²) in [6.07, 6.45) is 4.17. The lowest BCUT2D eigenvalue weighted by molar-refractivity contribution is -0.321. The molecule has 114 valence electrons. The van der Waals surface area contributed by atoms with E-state index >= 15 is 0 Å². The van der Waals surface area contributed by atoms with Crippen LogP contribution in [-0.2, 0) is 19.4 Å². The van der Waals surface area contributed by atoms with Crippen molar-refractivity contribution >= 4 is 11.9 Å². The molecule has 0 atom stereocenters. The van der Waals surface area contributed by atoms with Gasteiger partial charge in [-0.2, -0.15) is 4.89 Å². The average molecular weight is 286 g/mol. The molecule has 0 aliphatic heterocycles. The average Bonchev–Trinajstić information content (AvgIpc) is 2.33. The van der Waals surface area contributed by atoms with Crippen LogP contribution in [0.5, 0.6) is 0 Å². The normalized spacial score (nSPS) is 18.4. The summed E-state index contributed by atoms with van der Waals surface area (Å²) >= 11 is 0. The van der Waals surface area contributed by atoms with Gasteiger partial charge in [-0.15, -0.1) is 0 Å². The summed E-state index contributed by atoms with van der Waals surface area (Å²) < 4.78 is 0. The summed E-state index contributed by atoms with van der Waals surface area (Å²) in [6, 6.07) is 0. The molecule has 0 amide bonds. The van der Waals surface area contributed by atoms with Crippen LogP contribution in [0.1, 0.15) is 52.9 Å². The van der Waals surface area contributed by atoms with Crippen molar-refractivity contribution in [2.45, 2.75) is 58.5 Å². The van der Waals surface area contributed by atoms with E-state index in [-0.39, 0.29) is 11.5 Å². The van der Waals surface area contributed by atoms with Crippen molar-refractivity contribution in [1.29, 1.82) is 0 Å². The summed E-state index contributed by atoms with van der Waals surface area (Å²) in [5.74, 6) is -3.58. The Labute approximate surface area is 118 Å². The topological polar surface area (TPSA) is 93.1 Å². The Morgan fingerprint density at radius 1 is 1.00 bits per heavy atom. The Kier molecular flexibility index (Phi) is 5.56. The minimum absolute atomic E-state index is 0.193. The van der Waals surface area contributed by atoms with Crippen molar-refractivity contribution in [3.05, 3.63) is 11.3 Å². The smallest absolute Gasteiger partial charge is 0.375 e. The molecule has 0 aromatic rings. The maximum Gasteiger partial charge on any atom is 0.375 e. The fourth-order valence-corrected chi connectivity index (χ4v) is 2.21. The lowest BCUT2D eigenvalue weighted by atomic mass is 9.83. The molecule has 0 unspecified atom stereocenters. The molecule has 1 fully saturated rings. The highest BCUT2D eigenvalue weighted by molar-refractivity contribution is 5.97. The lowest BCUT2D eigenvalue weighted by Crippen LogP contribution is -2.25. The Bertz CT molecular complexity index is 398. The van der Waals surface area contributed by atoms with Crippen LogP contribution in [0.3, 0.4) is 0 Å². The fourth-order valence-electron chi connectivity index (χ4n) is 2.21. The van der Waals surface area contributed by atoms with Crippen LogP contribution in [0.2, 0.25) is 0 Å². The number of carboxylic acid groups (broad SMARTS) is 2. The van der Waals surface area contributed by atoms with E-state index in [1.165, 1.54) is 0 Å². The molecule has 0 bridgehead atoms. The second-order valence-electron chi connectivity index (χ2n) is 5.97. The second-order valence-corrected chi connectivity index (χ2v) is 5.97. The number of carbonyl (C=O) groups is 2. The SMILES string of the molecule is CC(C)(C)OO/C(C(=O)O)=C(\C(=O)O)C1CCCCC1. The molecule has 6 nitrogen and oxygen atoms in total. The second kappa shape index (κ2) is 6.74. The maximum absolute atomic E-state index is 11.4. The van der Waals surface area contributed by atoms with Crippen LogP contribution in [0.4, 0.5) is 0 Å². The Morgan fingerprint density at radius 3 is 1.95 bits per heavy atom. The fraction of sp³-hybridized carbons (Fsp3) is 0.714. The molecule has 1 aliphatic rings. The van der Waals surface area contributed by atoms with Crippen LogP contribution in [-0.4, -0.2) is 27.8 Å². The van der Waals surface area contributed by atoms with Gasteiger partial charge in [0.2, 0.25) is 0 Å². The van der Waals surface area contributed by atoms with E-state index in [9.17, 15) is 19.8 Å². The van der Waals surface area contributed by atoms with Crippen molar-refractivity contribution < 1.29 is 29.6 Å². The van der Waals surface area contributed by atoms with Gasteiger partial charge in [-0.3, -0.25) is 0 Å². The minimum Gasteiger partial charge on any atom is -0.478 e. The van der Waals surface area contributed by atoms with Gasteiger partial charge < -0.3 is 15.1 Å². The Morgan fingerprint density at radius 2 is 1.55 bits per heavy atom. The van der Waals surface area contributed by atoms with Crippen molar-refractivity contribution in [2.24, 2.45) is 5.92 Å². The van der Waals surface area contributed by atoms with Crippen molar-refractivity contribution in [1.82, 2.24) is 0 Å². The van der Waals surface area contributed by atoms with Crippen LogP contribution >= 0.6 is 0 Å². The minimum atomic E-state index is -1.42. The number of hydrogen-bond donors (Lipinski definition) is 2. The van der Waals surface area contributed by atoms with E-state index in [0.717, 1.165) is 19.3 Å². The molecule has 20 heavy (non-hydrogen) atoms. The third kappa shape index (κ3) is 4.85. The van der Waals surface area contributed by atoms with Gasteiger partial charge in [-0.1, -0.05) is 19.3 Å². The van der Waals surface area contributed by atoms with Crippen molar-refractivity contribution in [3.63, 3.8) is 0 Å². The van der Waals surface area contributed by atoms with Gasteiger partial charge in [-0.25, -0.2) is 9.59 Å². The van der Waals surface area contributed by atoms with Gasteiger partial charge in [-0.05, 0) is 39.5 Å². The predicted octanol–water partition coefficient (Wildman–Crippen LogP) is 2.74. The number of aliphatic carboxylic acids is 2. The summed E-state index contributed by atoms with van der Waals surface area (Å²) in [5, 5.41) is 18.5. The van der Waals surface area contributed by atoms with E-state index in [0.29, 0.717) is 12.8 Å². The molecule has 0 radical (unpaired) electrons. The molecule has 0 aromatic carbocycles. The first kappa shape index (κ1) is 16.5. The van der Waals surface area contributed by atoms with Gasteiger partial charge >= 0.3 is 11.9 Å². The highest BCUT2D eigenvalue weighted by Crippen LogP contribution is 2.32. The molecule has 0 spiro atoms. The van der Waals surface area contributed by atoms with Gasteiger partial charge in [0.25, 0.3) is 5.76 Å². The highest BCUT2D eigenvalue weighted by Gasteiger charge is 2.32. The molecule has 2 N–H and O–H groups in total. The Hall–Kier alpha value is -1.56. The largest absolute Gasteiger partial charge is 0.478 e. The number of carboxylic acids is 2. The summed E-state index contributed by atoms with van der Waals surface area (Å²) in [5.41, 5.74) is -0.918. The zero-order chi connectivity index (χ0) is 15.3. The third-order valence-electron chi connectivity index (χ3n) is 3.06. The van der Waals surface area contributed by atoms with E-state index in [2.05, 4.69) is 0 Å². The third-order valence-corrected chi connectivity index (χ3v) is 3.06. The van der Waals surface area contributed by atoms with Gasteiger partial charge in [0.05, 0.1) is 5.57 Å². The van der Waals surface area contributed by atoms with E-state index in [4.69, 9.17) is 9.78 Å². The van der Waals surface area contributed by atoms with Crippen LogP contribution < -0.4 is 0 Å². The van der Waals surface area contributed by atoms with E-state index < -0.39 is 23.3 Å². The molecule has 0 aromatic heterocycles. The molecule has 0 saturated heterocycles. The molecular formula is C14H22O6. The molecule has 0 heterocycles. The monoisotopic (exact) mass is 286 g/mol. The van der Waals surface area contributed by atoms with Crippen molar-refractivity contribution in [2.75, 3.05) is 0 Å². The number of hydrogen-bond acceptors (Lipinski definition) is 4. The quantitative estimate of drug-likeness (QED) is 0.349. The first-order chi connectivity index (χ1) is 9.22. The first-order valence-corrected chi connectivity index (χ1v) is 6.79. The molecular weight excluding hydrogens is 264 g/mol. The maximum atomic E-state index is 11.4. The highest BCUT2D eigenvalue weighted by atomic mass is 17.2. The van der Waals surface area contributed by atoms with Crippen molar-refractivity contribution in [3.8, 4) is 0 Å². The molecule has 6 heteroatoms. The summed E-state index contributed by atoms with van der Waals surface area (Å²) in [4.78, 5) is 32.5. The molecule has 1 rings (SSSR count). The number of rotatable bonds is 5. The Balaban J connectivity index is 3.05. The first-order valence-electron chi connectivity index (χ1n) is 6.79. The zero-order valence-corrected chi connectivity index (χ0v) is 12.1. The van der Waals surface area contributed by atoms with Crippen LogP contribution in [0.25, 0.3) is 0 Å². The van der Waals surface area contributed by atoms with E-state index in [1.54, 1.807) is 20.8 Å². The van der Waals surface area contributed by atoms with Gasteiger partial charge in [0.15, 0.2) is 0 Å². The molecule has 1 aliphatic carbocycles. The molecule has 1 saturated carbocycles. The van der Waals surface area contributed by atoms with Crippen LogP contribution in [0.15, 0.2) is 11.3 Å². The van der Waals surface area contributed by atoms with Gasteiger partial charge in [0.1, 0.15) is 5.60 Å². The standard InChI is InChI=1S/C14H22O6/c1-14(2,3)20-19-11(13(17)18)10(12(15)16)9-7-5-4-6-8-9/h9H,4-8H2,1-3H3,(H,15,16)(H,17,18)/b11-10-. The lowest BCUT2D eigenvalue weighted by Gasteiger charge is -2.24. The van der Waals surface area contributed by atoms with E-state index in [1.807, 2.05) is 0 Å².